The molecule has 5 N–H and O–H groups in total. The molecule has 4 rings (SSSR count). The van der Waals surface area contributed by atoms with E-state index in [1.54, 1.807) is 0 Å². The summed E-state index contributed by atoms with van der Waals surface area (Å²) in [4.78, 5) is 28.5. The van der Waals surface area contributed by atoms with Gasteiger partial charge in [0.15, 0.2) is 15.9 Å². The lowest BCUT2D eigenvalue weighted by atomic mass is 10.1. The fourth-order valence-electron chi connectivity index (χ4n) is 5.01. The van der Waals surface area contributed by atoms with Gasteiger partial charge in [0.2, 0.25) is 0 Å². The van der Waals surface area contributed by atoms with E-state index in [2.05, 4.69) is 5.32 Å². The van der Waals surface area contributed by atoms with Crippen LogP contribution in [0.4, 0.5) is 5.00 Å². The highest BCUT2D eigenvalue weighted by molar-refractivity contribution is 7.91. The zero-order valence-corrected chi connectivity index (χ0v) is 18.4. The van der Waals surface area contributed by atoms with E-state index in [-0.39, 0.29) is 18.0 Å². The maximum atomic E-state index is 12.9. The molecule has 160 valence electrons. The van der Waals surface area contributed by atoms with Crippen molar-refractivity contribution in [3.8, 4) is 0 Å². The Hall–Kier alpha value is -1.49. The lowest BCUT2D eigenvalue weighted by Crippen LogP contribution is -3.31. The molecule has 1 aliphatic carbocycles. The number of nitrogens with one attached hydrogen (secondary N) is 3. The monoisotopic (exact) mass is 442 g/mol. The minimum absolute atomic E-state index is 0.0886. The lowest BCUT2D eigenvalue weighted by molar-refractivity contribution is -1.03. The molecule has 29 heavy (non-hydrogen) atoms. The number of hydrogen-bond acceptors (Lipinski definition) is 5. The highest BCUT2D eigenvalue weighted by Crippen LogP contribution is 2.38. The summed E-state index contributed by atoms with van der Waals surface area (Å²) in [6.45, 7) is 5.36. The molecular weight excluding hydrogens is 412 g/mol. The normalized spacial score (nSPS) is 29.3. The third-order valence-corrected chi connectivity index (χ3v) is 9.73. The number of thiophene rings is 1. The van der Waals surface area contributed by atoms with Gasteiger partial charge in [-0.2, -0.15) is 0 Å². The van der Waals surface area contributed by atoms with Crippen molar-refractivity contribution in [1.82, 2.24) is 0 Å². The van der Waals surface area contributed by atoms with Crippen LogP contribution < -0.4 is 20.9 Å². The summed E-state index contributed by atoms with van der Waals surface area (Å²) in [5.41, 5.74) is 7.10. The molecule has 0 saturated carbocycles. The molecule has 2 saturated heterocycles. The first-order valence-corrected chi connectivity index (χ1v) is 13.0. The standard InChI is InChI=1S/C19H28N4O4S2/c1-12(22-6-8-23(9-7-22)13-5-10-29(26,27)11-13)18(25)21-19-16(17(20)24)14-3-2-4-15(14)28-19/h12-13H,2-11H2,1H3,(H2,20,24)(H,21,25)/p+2. The quantitative estimate of drug-likeness (QED) is 0.408. The van der Waals surface area contributed by atoms with E-state index in [1.165, 1.54) is 21.1 Å². The molecule has 2 unspecified atom stereocenters. The summed E-state index contributed by atoms with van der Waals surface area (Å²) < 4.78 is 23.5. The van der Waals surface area contributed by atoms with E-state index in [4.69, 9.17) is 5.73 Å². The number of quaternary nitrogens is 2. The summed E-state index contributed by atoms with van der Waals surface area (Å²) in [5.74, 6) is 0.0497. The number of fused-ring (bicyclic) bond motifs is 1. The van der Waals surface area contributed by atoms with Crippen molar-refractivity contribution in [2.45, 2.75) is 44.7 Å². The summed E-state index contributed by atoms with van der Waals surface area (Å²) in [5, 5.41) is 3.56. The molecule has 3 aliphatic rings. The average Bonchev–Trinajstić information content (AvgIpc) is 3.34. The molecule has 0 aromatic carbocycles. The van der Waals surface area contributed by atoms with Crippen LogP contribution in [-0.2, 0) is 27.5 Å². The zero-order valence-electron chi connectivity index (χ0n) is 16.8. The maximum absolute atomic E-state index is 12.9. The molecule has 8 nitrogen and oxygen atoms in total. The van der Waals surface area contributed by atoms with Crippen molar-refractivity contribution < 1.29 is 27.8 Å². The van der Waals surface area contributed by atoms with E-state index >= 15 is 0 Å². The van der Waals surface area contributed by atoms with E-state index < -0.39 is 15.7 Å². The summed E-state index contributed by atoms with van der Waals surface area (Å²) in [7, 11) is -2.86. The van der Waals surface area contributed by atoms with Crippen molar-refractivity contribution in [3.63, 3.8) is 0 Å². The summed E-state index contributed by atoms with van der Waals surface area (Å²) >= 11 is 1.48. The van der Waals surface area contributed by atoms with Gasteiger partial charge in [-0.1, -0.05) is 0 Å². The first kappa shape index (κ1) is 20.8. The molecule has 1 aromatic rings. The van der Waals surface area contributed by atoms with E-state index in [1.807, 2.05) is 6.92 Å². The number of hydrogen-bond donors (Lipinski definition) is 4. The number of aryl methyl sites for hydroxylation is 1. The average molecular weight is 443 g/mol. The molecule has 10 heteroatoms. The molecular formula is C19H30N4O4S2+2. The van der Waals surface area contributed by atoms with Gasteiger partial charge in [0.05, 0.1) is 11.3 Å². The van der Waals surface area contributed by atoms with Gasteiger partial charge < -0.3 is 20.9 Å². The minimum Gasteiger partial charge on any atom is -0.365 e. The molecule has 0 radical (unpaired) electrons. The fraction of sp³-hybridized carbons (Fsp3) is 0.684. The van der Waals surface area contributed by atoms with Crippen LogP contribution in [-0.4, -0.2) is 70.0 Å². The number of anilines is 1. The van der Waals surface area contributed by atoms with E-state index in [0.29, 0.717) is 22.1 Å². The van der Waals surface area contributed by atoms with Crippen LogP contribution in [0.2, 0.25) is 0 Å². The van der Waals surface area contributed by atoms with Gasteiger partial charge in [-0.3, -0.25) is 9.59 Å². The molecule has 0 spiro atoms. The van der Waals surface area contributed by atoms with Crippen LogP contribution in [0.3, 0.4) is 0 Å². The Labute approximate surface area is 175 Å². The van der Waals surface area contributed by atoms with Gasteiger partial charge in [-0.15, -0.1) is 11.3 Å². The van der Waals surface area contributed by atoms with Gasteiger partial charge in [0, 0.05) is 11.3 Å². The maximum Gasteiger partial charge on any atom is 0.283 e. The number of sulfone groups is 1. The highest BCUT2D eigenvalue weighted by atomic mass is 32.2. The fourth-order valence-corrected chi connectivity index (χ4v) is 8.13. The molecule has 2 fully saturated rings. The van der Waals surface area contributed by atoms with Gasteiger partial charge in [-0.25, -0.2) is 8.42 Å². The molecule has 2 atom stereocenters. The lowest BCUT2D eigenvalue weighted by Gasteiger charge is -2.34. The van der Waals surface area contributed by atoms with Crippen LogP contribution in [0, 0.1) is 0 Å². The second kappa shape index (κ2) is 7.98. The zero-order chi connectivity index (χ0) is 20.8. The van der Waals surface area contributed by atoms with E-state index in [0.717, 1.165) is 62.3 Å². The minimum atomic E-state index is -2.86. The van der Waals surface area contributed by atoms with Gasteiger partial charge in [0.1, 0.15) is 43.0 Å². The smallest absolute Gasteiger partial charge is 0.283 e. The Morgan fingerprint density at radius 1 is 1.21 bits per heavy atom. The summed E-state index contributed by atoms with van der Waals surface area (Å²) in [6.07, 6.45) is 3.58. The predicted molar refractivity (Wildman–Crippen MR) is 111 cm³/mol. The first-order chi connectivity index (χ1) is 13.7. The van der Waals surface area contributed by atoms with Crippen LogP contribution in [0.15, 0.2) is 0 Å². The van der Waals surface area contributed by atoms with Crippen molar-refractivity contribution >= 4 is 38.0 Å². The SMILES string of the molecule is CC(C(=O)Nc1sc2c(c1C(N)=O)CCC2)[NH+]1CC[NH+](C2CCS(=O)(=O)C2)CC1. The van der Waals surface area contributed by atoms with E-state index in [9.17, 15) is 18.0 Å². The van der Waals surface area contributed by atoms with Crippen LogP contribution in [0.1, 0.15) is 40.6 Å². The molecule has 0 bridgehead atoms. The highest BCUT2D eigenvalue weighted by Gasteiger charge is 2.39. The third kappa shape index (κ3) is 4.21. The number of carbonyl (C=O) groups excluding carboxylic acids is 2. The molecule has 1 aromatic heterocycles. The summed E-state index contributed by atoms with van der Waals surface area (Å²) in [6, 6.07) is -0.0289. The number of amides is 2. The van der Waals surface area contributed by atoms with Crippen molar-refractivity contribution in [3.05, 3.63) is 16.0 Å². The van der Waals surface area contributed by atoms with Crippen molar-refractivity contribution in [1.29, 1.82) is 0 Å². The Balaban J connectivity index is 1.36. The Morgan fingerprint density at radius 3 is 2.55 bits per heavy atom. The van der Waals surface area contributed by atoms with Crippen molar-refractivity contribution in [2.75, 3.05) is 43.0 Å². The van der Waals surface area contributed by atoms with Gasteiger partial charge in [-0.05, 0) is 31.7 Å². The molecule has 2 amide bonds. The second-order valence-electron chi connectivity index (χ2n) is 8.55. The number of piperazine rings is 1. The second-order valence-corrected chi connectivity index (χ2v) is 11.9. The Kier molecular flexibility index (Phi) is 5.71. The number of primary amides is 1. The molecule has 2 aliphatic heterocycles. The Bertz CT molecular complexity index is 919. The number of rotatable bonds is 5. The largest absolute Gasteiger partial charge is 0.365 e. The first-order valence-electron chi connectivity index (χ1n) is 10.4. The van der Waals surface area contributed by atoms with Crippen LogP contribution in [0.25, 0.3) is 0 Å². The predicted octanol–water partition coefficient (Wildman–Crippen LogP) is -2.37. The Morgan fingerprint density at radius 2 is 1.93 bits per heavy atom. The molecule has 3 heterocycles. The van der Waals surface area contributed by atoms with Crippen LogP contribution >= 0.6 is 11.3 Å². The van der Waals surface area contributed by atoms with Crippen molar-refractivity contribution in [2.24, 2.45) is 5.73 Å². The number of carbonyl (C=O) groups is 2. The van der Waals surface area contributed by atoms with Crippen LogP contribution in [0.5, 0.6) is 0 Å². The number of nitrogens with two attached hydrogens (primary N) is 1. The van der Waals surface area contributed by atoms with Gasteiger partial charge >= 0.3 is 0 Å². The third-order valence-electron chi connectivity index (χ3n) is 6.75. The van der Waals surface area contributed by atoms with Gasteiger partial charge in [0.25, 0.3) is 11.8 Å². The topological polar surface area (TPSA) is 115 Å².